The fraction of sp³-hybridized carbons (Fsp3) is 0.278. The van der Waals surface area contributed by atoms with Crippen LogP contribution in [0.15, 0.2) is 42.6 Å². The van der Waals surface area contributed by atoms with Gasteiger partial charge in [-0.3, -0.25) is 5.10 Å². The summed E-state index contributed by atoms with van der Waals surface area (Å²) in [5, 5.41) is 18.9. The van der Waals surface area contributed by atoms with Crippen LogP contribution < -0.4 is 4.90 Å². The number of nitrogens with one attached hydrogen (secondary N) is 1. The van der Waals surface area contributed by atoms with Crippen molar-refractivity contribution in [1.29, 1.82) is 0 Å². The molecule has 2 N–H and O–H groups in total. The lowest BCUT2D eigenvalue weighted by Crippen LogP contribution is -2.23. The maximum atomic E-state index is 10.6. The Morgan fingerprint density at radius 3 is 3.04 bits per heavy atom. The third-order valence-electron chi connectivity index (χ3n) is 4.60. The number of fused-ring (bicyclic) bond motifs is 2. The van der Waals surface area contributed by atoms with Gasteiger partial charge in [0.15, 0.2) is 0 Å². The Balaban J connectivity index is 1.50. The van der Waals surface area contributed by atoms with Crippen molar-refractivity contribution < 1.29 is 5.11 Å². The van der Waals surface area contributed by atoms with E-state index in [4.69, 9.17) is 11.6 Å². The Labute approximate surface area is 139 Å². The van der Waals surface area contributed by atoms with Gasteiger partial charge in [-0.2, -0.15) is 5.10 Å². The van der Waals surface area contributed by atoms with E-state index in [9.17, 15) is 5.11 Å². The Kier molecular flexibility index (Phi) is 3.71. The molecule has 0 radical (unpaired) electrons. The van der Waals surface area contributed by atoms with Crippen molar-refractivity contribution in [2.75, 3.05) is 18.0 Å². The highest BCUT2D eigenvalue weighted by Crippen LogP contribution is 2.33. The Morgan fingerprint density at radius 2 is 2.13 bits per heavy atom. The van der Waals surface area contributed by atoms with Gasteiger partial charge in [0.1, 0.15) is 0 Å². The lowest BCUT2D eigenvalue weighted by molar-refractivity contribution is 0.170. The summed E-state index contributed by atoms with van der Waals surface area (Å²) in [5.41, 5.74) is 4.34. The zero-order valence-electron chi connectivity index (χ0n) is 12.7. The number of hydrogen-bond donors (Lipinski definition) is 2. The average molecular weight is 328 g/mol. The standard InChI is InChI=1S/C18H18ClN3O/c19-18-13(5-6-15-14(18)11-20-21-15)17(23)8-10-22-9-7-12-3-1-2-4-16(12)22/h1-6,11,17,23H,7-10H2,(H,20,21). The molecular formula is C18H18ClN3O. The van der Waals surface area contributed by atoms with Crippen molar-refractivity contribution in [1.82, 2.24) is 10.2 Å². The largest absolute Gasteiger partial charge is 0.388 e. The number of aliphatic hydroxyl groups excluding tert-OH is 1. The number of aliphatic hydroxyl groups is 1. The molecule has 0 bridgehead atoms. The maximum absolute atomic E-state index is 10.6. The molecule has 0 saturated carbocycles. The summed E-state index contributed by atoms with van der Waals surface area (Å²) < 4.78 is 0. The average Bonchev–Trinajstić information content (AvgIpc) is 3.20. The van der Waals surface area contributed by atoms with Crippen molar-refractivity contribution in [2.45, 2.75) is 18.9 Å². The SMILES string of the molecule is OC(CCN1CCc2ccccc21)c1ccc2[nH]ncc2c1Cl. The number of para-hydroxylation sites is 1. The smallest absolute Gasteiger partial charge is 0.0821 e. The summed E-state index contributed by atoms with van der Waals surface area (Å²) in [6.45, 7) is 1.83. The van der Waals surface area contributed by atoms with Gasteiger partial charge in [0.25, 0.3) is 0 Å². The Morgan fingerprint density at radius 1 is 1.26 bits per heavy atom. The van der Waals surface area contributed by atoms with Gasteiger partial charge < -0.3 is 10.0 Å². The molecule has 3 aromatic rings. The monoisotopic (exact) mass is 327 g/mol. The van der Waals surface area contributed by atoms with Crippen LogP contribution >= 0.6 is 11.6 Å². The molecule has 5 heteroatoms. The zero-order chi connectivity index (χ0) is 15.8. The van der Waals surface area contributed by atoms with Crippen LogP contribution in [0.4, 0.5) is 5.69 Å². The Hall–Kier alpha value is -2.04. The Bertz CT molecular complexity index is 845. The molecule has 1 aliphatic rings. The van der Waals surface area contributed by atoms with Crippen molar-refractivity contribution >= 4 is 28.2 Å². The van der Waals surface area contributed by atoms with E-state index in [0.29, 0.717) is 11.4 Å². The van der Waals surface area contributed by atoms with Crippen LogP contribution in [0.1, 0.15) is 23.7 Å². The first kappa shape index (κ1) is 14.5. The topological polar surface area (TPSA) is 52.1 Å². The van der Waals surface area contributed by atoms with Gasteiger partial charge in [-0.15, -0.1) is 0 Å². The number of H-pyrrole nitrogens is 1. The van der Waals surface area contributed by atoms with E-state index in [0.717, 1.165) is 36.0 Å². The van der Waals surface area contributed by atoms with Gasteiger partial charge in [-0.25, -0.2) is 0 Å². The summed E-state index contributed by atoms with van der Waals surface area (Å²) in [7, 11) is 0. The minimum Gasteiger partial charge on any atom is -0.388 e. The molecule has 23 heavy (non-hydrogen) atoms. The molecule has 0 aliphatic carbocycles. The van der Waals surface area contributed by atoms with Crippen molar-refractivity contribution in [3.05, 3.63) is 58.7 Å². The second-order valence-corrected chi connectivity index (χ2v) is 6.35. The van der Waals surface area contributed by atoms with Crippen LogP contribution in [0.2, 0.25) is 5.02 Å². The maximum Gasteiger partial charge on any atom is 0.0821 e. The molecule has 1 atom stereocenters. The van der Waals surface area contributed by atoms with Crippen molar-refractivity contribution in [3.8, 4) is 0 Å². The third-order valence-corrected chi connectivity index (χ3v) is 5.02. The minimum absolute atomic E-state index is 0.574. The van der Waals surface area contributed by atoms with Gasteiger partial charge in [0, 0.05) is 24.2 Å². The molecule has 1 unspecified atom stereocenters. The highest BCUT2D eigenvalue weighted by atomic mass is 35.5. The van der Waals surface area contributed by atoms with Gasteiger partial charge in [-0.05, 0) is 36.1 Å². The highest BCUT2D eigenvalue weighted by Gasteiger charge is 2.20. The van der Waals surface area contributed by atoms with Gasteiger partial charge >= 0.3 is 0 Å². The molecule has 0 saturated heterocycles. The van der Waals surface area contributed by atoms with Gasteiger partial charge in [0.05, 0.1) is 22.8 Å². The van der Waals surface area contributed by atoms with Crippen LogP contribution in [0.5, 0.6) is 0 Å². The molecule has 2 aromatic carbocycles. The first-order valence-electron chi connectivity index (χ1n) is 7.86. The number of aromatic amines is 1. The highest BCUT2D eigenvalue weighted by molar-refractivity contribution is 6.36. The number of nitrogens with zero attached hydrogens (tertiary/aromatic N) is 2. The van der Waals surface area contributed by atoms with Crippen LogP contribution in [0.25, 0.3) is 10.9 Å². The van der Waals surface area contributed by atoms with Crippen LogP contribution in [0, 0.1) is 0 Å². The molecule has 118 valence electrons. The predicted octanol–water partition coefficient (Wildman–Crippen LogP) is 3.70. The van der Waals surface area contributed by atoms with Crippen molar-refractivity contribution in [3.63, 3.8) is 0 Å². The van der Waals surface area contributed by atoms with Crippen LogP contribution in [-0.2, 0) is 6.42 Å². The zero-order valence-corrected chi connectivity index (χ0v) is 13.4. The number of rotatable bonds is 4. The van der Waals surface area contributed by atoms with Crippen molar-refractivity contribution in [2.24, 2.45) is 0 Å². The first-order chi connectivity index (χ1) is 11.2. The summed E-state index contributed by atoms with van der Waals surface area (Å²) >= 11 is 6.42. The predicted molar refractivity (Wildman–Crippen MR) is 93.0 cm³/mol. The molecule has 0 amide bonds. The van der Waals surface area contributed by atoms with E-state index >= 15 is 0 Å². The number of aromatic nitrogens is 2. The lowest BCUT2D eigenvalue weighted by atomic mass is 10.0. The van der Waals surface area contributed by atoms with E-state index in [-0.39, 0.29) is 0 Å². The molecular weight excluding hydrogens is 310 g/mol. The van der Waals surface area contributed by atoms with E-state index < -0.39 is 6.10 Å². The van der Waals surface area contributed by atoms with Crippen LogP contribution in [0.3, 0.4) is 0 Å². The molecule has 4 nitrogen and oxygen atoms in total. The molecule has 0 fully saturated rings. The van der Waals surface area contributed by atoms with Crippen LogP contribution in [-0.4, -0.2) is 28.4 Å². The number of anilines is 1. The first-order valence-corrected chi connectivity index (χ1v) is 8.24. The van der Waals surface area contributed by atoms with E-state index in [2.05, 4.69) is 39.4 Å². The second kappa shape index (κ2) is 5.87. The van der Waals surface area contributed by atoms with E-state index in [1.807, 2.05) is 12.1 Å². The fourth-order valence-corrected chi connectivity index (χ4v) is 3.67. The summed E-state index contributed by atoms with van der Waals surface area (Å²) in [6.07, 6.45) is 2.85. The molecule has 0 spiro atoms. The van der Waals surface area contributed by atoms with E-state index in [1.165, 1.54) is 11.3 Å². The lowest BCUT2D eigenvalue weighted by Gasteiger charge is -2.22. The number of hydrogen-bond acceptors (Lipinski definition) is 3. The summed E-state index contributed by atoms with van der Waals surface area (Å²) in [6, 6.07) is 12.3. The summed E-state index contributed by atoms with van der Waals surface area (Å²) in [5.74, 6) is 0. The quantitative estimate of drug-likeness (QED) is 0.768. The van der Waals surface area contributed by atoms with Gasteiger partial charge in [-0.1, -0.05) is 35.9 Å². The van der Waals surface area contributed by atoms with Gasteiger partial charge in [0.2, 0.25) is 0 Å². The molecule has 2 heterocycles. The number of benzene rings is 2. The van der Waals surface area contributed by atoms with E-state index in [1.54, 1.807) is 6.20 Å². The second-order valence-electron chi connectivity index (χ2n) is 5.97. The molecule has 1 aliphatic heterocycles. The summed E-state index contributed by atoms with van der Waals surface area (Å²) in [4.78, 5) is 2.34. The molecule has 4 rings (SSSR count). The minimum atomic E-state index is -0.574. The fourth-order valence-electron chi connectivity index (χ4n) is 3.33. The number of halogens is 1. The third kappa shape index (κ3) is 2.58. The normalized spacial score (nSPS) is 15.1. The molecule has 1 aromatic heterocycles.